The smallest absolute Gasteiger partial charge is 0.319 e. The fourth-order valence-corrected chi connectivity index (χ4v) is 5.40. The summed E-state index contributed by atoms with van der Waals surface area (Å²) >= 11 is 0. The molecule has 0 spiro atoms. The van der Waals surface area contributed by atoms with Crippen molar-refractivity contribution in [2.75, 3.05) is 6.79 Å². The predicted octanol–water partition coefficient (Wildman–Crippen LogP) is 7.11. The summed E-state index contributed by atoms with van der Waals surface area (Å²) in [5.41, 5.74) is 3.14. The first-order chi connectivity index (χ1) is 16.8. The minimum Gasteiger partial charge on any atom is -0.454 e. The van der Waals surface area contributed by atoms with Crippen molar-refractivity contribution in [3.63, 3.8) is 0 Å². The molecule has 1 fully saturated rings. The Morgan fingerprint density at radius 2 is 1.53 bits per heavy atom. The average Bonchev–Trinajstić information content (AvgIpc) is 3.57. The minimum atomic E-state index is -0.240. The standard InChI is InChI=1S/C30H26O4/c31-30(29(21-10-4-5-11-21)20-8-2-1-3-9-20)34-26-17-15-23(24-12-6-7-13-25(24)26)22-14-16-27-28(18-22)33-19-32-27/h1-3,6-9,12-18,21,29H,4-5,10-11,19H2. The summed E-state index contributed by atoms with van der Waals surface area (Å²) in [7, 11) is 0. The maximum atomic E-state index is 13.6. The van der Waals surface area contributed by atoms with E-state index in [-0.39, 0.29) is 18.7 Å². The van der Waals surface area contributed by atoms with Gasteiger partial charge in [-0.2, -0.15) is 0 Å². The molecule has 4 aromatic carbocycles. The van der Waals surface area contributed by atoms with Gasteiger partial charge < -0.3 is 14.2 Å². The highest BCUT2D eigenvalue weighted by molar-refractivity contribution is 6.01. The molecule has 1 saturated carbocycles. The van der Waals surface area contributed by atoms with Crippen LogP contribution >= 0.6 is 0 Å². The van der Waals surface area contributed by atoms with Gasteiger partial charge in [0.25, 0.3) is 0 Å². The third-order valence-electron chi connectivity index (χ3n) is 7.06. The van der Waals surface area contributed by atoms with Crippen molar-refractivity contribution in [2.24, 2.45) is 5.92 Å². The molecule has 170 valence electrons. The fraction of sp³-hybridized carbons (Fsp3) is 0.233. The zero-order valence-electron chi connectivity index (χ0n) is 18.9. The number of carbonyl (C=O) groups excluding carboxylic acids is 1. The second-order valence-electron chi connectivity index (χ2n) is 9.08. The van der Waals surface area contributed by atoms with Crippen molar-refractivity contribution >= 4 is 16.7 Å². The molecule has 0 saturated heterocycles. The molecule has 0 radical (unpaired) electrons. The molecule has 4 heteroatoms. The molecule has 1 aliphatic carbocycles. The van der Waals surface area contributed by atoms with Crippen LogP contribution in [0.5, 0.6) is 17.2 Å². The van der Waals surface area contributed by atoms with Crippen molar-refractivity contribution in [1.29, 1.82) is 0 Å². The van der Waals surface area contributed by atoms with E-state index < -0.39 is 0 Å². The monoisotopic (exact) mass is 450 g/mol. The van der Waals surface area contributed by atoms with E-state index in [9.17, 15) is 4.79 Å². The van der Waals surface area contributed by atoms with Gasteiger partial charge in [0, 0.05) is 5.39 Å². The molecule has 1 aliphatic heterocycles. The normalized spacial score (nSPS) is 16.0. The number of esters is 1. The Labute approximate surface area is 199 Å². The van der Waals surface area contributed by atoms with Gasteiger partial charge in [0.1, 0.15) is 5.75 Å². The number of benzene rings is 4. The Morgan fingerprint density at radius 3 is 2.35 bits per heavy atom. The first kappa shape index (κ1) is 20.8. The van der Waals surface area contributed by atoms with Crippen LogP contribution in [0, 0.1) is 5.92 Å². The van der Waals surface area contributed by atoms with Crippen LogP contribution in [0.25, 0.3) is 21.9 Å². The molecule has 2 aliphatic rings. The van der Waals surface area contributed by atoms with Crippen molar-refractivity contribution in [2.45, 2.75) is 31.6 Å². The predicted molar refractivity (Wildman–Crippen MR) is 132 cm³/mol. The molecule has 0 bridgehead atoms. The first-order valence-electron chi connectivity index (χ1n) is 12.0. The van der Waals surface area contributed by atoms with E-state index in [1.54, 1.807) is 0 Å². The molecule has 4 aromatic rings. The highest BCUT2D eigenvalue weighted by atomic mass is 16.7. The molecule has 0 amide bonds. The summed E-state index contributed by atoms with van der Waals surface area (Å²) in [4.78, 5) is 13.6. The van der Waals surface area contributed by atoms with Gasteiger partial charge in [0.2, 0.25) is 6.79 Å². The lowest BCUT2D eigenvalue weighted by Gasteiger charge is -2.23. The van der Waals surface area contributed by atoms with Gasteiger partial charge in [-0.15, -0.1) is 0 Å². The highest BCUT2D eigenvalue weighted by Crippen LogP contribution is 2.42. The van der Waals surface area contributed by atoms with Crippen molar-refractivity contribution in [3.05, 3.63) is 90.5 Å². The lowest BCUT2D eigenvalue weighted by Crippen LogP contribution is -2.24. The van der Waals surface area contributed by atoms with Crippen LogP contribution in [-0.4, -0.2) is 12.8 Å². The van der Waals surface area contributed by atoms with Gasteiger partial charge >= 0.3 is 5.97 Å². The Kier molecular flexibility index (Phi) is 5.42. The van der Waals surface area contributed by atoms with Crippen LogP contribution in [0.2, 0.25) is 0 Å². The van der Waals surface area contributed by atoms with Gasteiger partial charge in [-0.25, -0.2) is 0 Å². The SMILES string of the molecule is O=C(Oc1ccc(-c2ccc3c(c2)OCO3)c2ccccc12)C(c1ccccc1)C1CCCC1. The van der Waals surface area contributed by atoms with E-state index in [4.69, 9.17) is 14.2 Å². The quantitative estimate of drug-likeness (QED) is 0.240. The lowest BCUT2D eigenvalue weighted by molar-refractivity contribution is -0.137. The Morgan fingerprint density at radius 1 is 0.794 bits per heavy atom. The topological polar surface area (TPSA) is 44.8 Å². The lowest BCUT2D eigenvalue weighted by atomic mass is 9.85. The molecule has 1 atom stereocenters. The van der Waals surface area contributed by atoms with Crippen LogP contribution in [0.3, 0.4) is 0 Å². The number of hydrogen-bond acceptors (Lipinski definition) is 4. The molecular formula is C30H26O4. The maximum Gasteiger partial charge on any atom is 0.319 e. The minimum absolute atomic E-state index is 0.168. The van der Waals surface area contributed by atoms with Gasteiger partial charge in [-0.05, 0) is 59.0 Å². The molecule has 6 rings (SSSR count). The molecule has 0 N–H and O–H groups in total. The van der Waals surface area contributed by atoms with Gasteiger partial charge in [-0.3, -0.25) is 4.79 Å². The number of hydrogen-bond donors (Lipinski definition) is 0. The molecule has 4 nitrogen and oxygen atoms in total. The van der Waals surface area contributed by atoms with Crippen molar-refractivity contribution in [1.82, 2.24) is 0 Å². The average molecular weight is 451 g/mol. The summed E-state index contributed by atoms with van der Waals surface area (Å²) in [5.74, 6) is 2.03. The van der Waals surface area contributed by atoms with E-state index in [0.29, 0.717) is 11.7 Å². The summed E-state index contributed by atoms with van der Waals surface area (Å²) < 4.78 is 17.2. The summed E-state index contributed by atoms with van der Waals surface area (Å²) in [5, 5.41) is 1.95. The van der Waals surface area contributed by atoms with Crippen LogP contribution in [-0.2, 0) is 4.79 Å². The fourth-order valence-electron chi connectivity index (χ4n) is 5.40. The van der Waals surface area contributed by atoms with Crippen LogP contribution in [0.4, 0.5) is 0 Å². The highest BCUT2D eigenvalue weighted by Gasteiger charge is 2.33. The van der Waals surface area contributed by atoms with Gasteiger partial charge in [0.05, 0.1) is 5.92 Å². The van der Waals surface area contributed by atoms with Gasteiger partial charge in [0.15, 0.2) is 11.5 Å². The van der Waals surface area contributed by atoms with Crippen LogP contribution in [0.15, 0.2) is 84.9 Å². The number of ether oxygens (including phenoxy) is 3. The number of rotatable bonds is 5. The summed E-state index contributed by atoms with van der Waals surface area (Å²) in [6, 6.07) is 28.1. The Balaban J connectivity index is 1.36. The molecule has 0 aromatic heterocycles. The second-order valence-corrected chi connectivity index (χ2v) is 9.08. The van der Waals surface area contributed by atoms with Gasteiger partial charge in [-0.1, -0.05) is 79.6 Å². The third kappa shape index (κ3) is 3.79. The van der Waals surface area contributed by atoms with E-state index in [2.05, 4.69) is 6.07 Å². The third-order valence-corrected chi connectivity index (χ3v) is 7.06. The van der Waals surface area contributed by atoms with Crippen molar-refractivity contribution in [3.8, 4) is 28.4 Å². The Hall–Kier alpha value is -3.79. The zero-order valence-corrected chi connectivity index (χ0v) is 18.9. The first-order valence-corrected chi connectivity index (χ1v) is 12.0. The van der Waals surface area contributed by atoms with E-state index in [1.165, 1.54) is 12.8 Å². The zero-order chi connectivity index (χ0) is 22.9. The molecular weight excluding hydrogens is 424 g/mol. The molecule has 1 unspecified atom stereocenters. The summed E-state index contributed by atoms with van der Waals surface area (Å²) in [6.07, 6.45) is 4.49. The summed E-state index contributed by atoms with van der Waals surface area (Å²) in [6.45, 7) is 0.248. The van der Waals surface area contributed by atoms with E-state index in [0.717, 1.165) is 51.8 Å². The van der Waals surface area contributed by atoms with Crippen molar-refractivity contribution < 1.29 is 19.0 Å². The number of fused-ring (bicyclic) bond motifs is 2. The molecule has 34 heavy (non-hydrogen) atoms. The molecule has 1 heterocycles. The largest absolute Gasteiger partial charge is 0.454 e. The second kappa shape index (κ2) is 8.86. The van der Waals surface area contributed by atoms with Crippen LogP contribution < -0.4 is 14.2 Å². The van der Waals surface area contributed by atoms with Crippen LogP contribution in [0.1, 0.15) is 37.2 Å². The van der Waals surface area contributed by atoms with E-state index >= 15 is 0 Å². The van der Waals surface area contributed by atoms with E-state index in [1.807, 2.05) is 78.9 Å². The Bertz CT molecular complexity index is 1340. The maximum absolute atomic E-state index is 13.6. The number of carbonyl (C=O) groups is 1.